The number of carbonyl (C=O) groups excluding carboxylic acids is 1. The lowest BCUT2D eigenvalue weighted by atomic mass is 9.68. The van der Waals surface area contributed by atoms with Gasteiger partial charge in [-0.2, -0.15) is 0 Å². The number of benzene rings is 2. The van der Waals surface area contributed by atoms with Crippen molar-refractivity contribution in [3.05, 3.63) is 91.5 Å². The van der Waals surface area contributed by atoms with E-state index in [1.54, 1.807) is 24.3 Å². The van der Waals surface area contributed by atoms with Gasteiger partial charge in [0.05, 0.1) is 4.92 Å². The van der Waals surface area contributed by atoms with Crippen LogP contribution in [-0.4, -0.2) is 10.7 Å². The summed E-state index contributed by atoms with van der Waals surface area (Å²) in [7, 11) is 0. The molecular formula is C24H20N2O5. The number of nitrogens with one attached hydrogen (secondary N) is 1. The van der Waals surface area contributed by atoms with Crippen LogP contribution in [0.4, 0.5) is 11.4 Å². The van der Waals surface area contributed by atoms with Gasteiger partial charge < -0.3 is 9.73 Å². The first kappa shape index (κ1) is 19.2. The largest absolute Gasteiger partial charge is 0.421 e. The third kappa shape index (κ3) is 3.04. The number of anilines is 1. The molecule has 0 spiro atoms. The average Bonchev–Trinajstić information content (AvgIpc) is 2.72. The van der Waals surface area contributed by atoms with Crippen molar-refractivity contribution < 1.29 is 14.1 Å². The first-order chi connectivity index (χ1) is 14.7. The zero-order chi connectivity index (χ0) is 21.9. The van der Waals surface area contributed by atoms with Gasteiger partial charge in [0.2, 0.25) is 0 Å². The van der Waals surface area contributed by atoms with Gasteiger partial charge in [-0.25, -0.2) is 4.79 Å². The number of hydrogen-bond donors (Lipinski definition) is 1. The van der Waals surface area contributed by atoms with E-state index in [2.05, 4.69) is 5.32 Å². The number of hydrogen-bond acceptors (Lipinski definition) is 6. The molecule has 1 aliphatic carbocycles. The molecule has 0 fully saturated rings. The van der Waals surface area contributed by atoms with Gasteiger partial charge in [0.1, 0.15) is 11.3 Å². The highest BCUT2D eigenvalue weighted by Gasteiger charge is 2.42. The summed E-state index contributed by atoms with van der Waals surface area (Å²) in [6, 6.07) is 13.4. The molecule has 1 atom stereocenters. The maximum Gasteiger partial charge on any atom is 0.360 e. The predicted molar refractivity (Wildman–Crippen MR) is 116 cm³/mol. The van der Waals surface area contributed by atoms with Gasteiger partial charge in [-0.1, -0.05) is 44.2 Å². The number of nitro benzene ring substituents is 1. The normalized spacial score (nSPS) is 19.5. The molecule has 156 valence electrons. The maximum absolute atomic E-state index is 13.3. The van der Waals surface area contributed by atoms with E-state index in [-0.39, 0.29) is 16.9 Å². The molecular weight excluding hydrogens is 396 g/mol. The maximum atomic E-state index is 13.3. The van der Waals surface area contributed by atoms with Crippen LogP contribution in [0.25, 0.3) is 11.0 Å². The van der Waals surface area contributed by atoms with Crippen LogP contribution in [0.1, 0.15) is 43.7 Å². The highest BCUT2D eigenvalue weighted by Crippen LogP contribution is 2.50. The molecule has 1 aromatic heterocycles. The number of nitro groups is 1. The van der Waals surface area contributed by atoms with Crippen LogP contribution in [-0.2, 0) is 4.79 Å². The minimum Gasteiger partial charge on any atom is -0.421 e. The van der Waals surface area contributed by atoms with Crippen molar-refractivity contribution in [3.63, 3.8) is 0 Å². The molecule has 0 bridgehead atoms. The number of non-ortho nitro benzene ring substituents is 1. The second-order valence-corrected chi connectivity index (χ2v) is 8.91. The van der Waals surface area contributed by atoms with E-state index in [1.807, 2.05) is 26.0 Å². The van der Waals surface area contributed by atoms with Crippen molar-refractivity contribution in [1.29, 1.82) is 0 Å². The van der Waals surface area contributed by atoms with Crippen LogP contribution in [0.5, 0.6) is 0 Å². The number of allylic oxidation sites excluding steroid dienone is 2. The van der Waals surface area contributed by atoms with Gasteiger partial charge in [0, 0.05) is 46.7 Å². The molecule has 5 rings (SSSR count). The van der Waals surface area contributed by atoms with Gasteiger partial charge in [-0.05, 0) is 23.5 Å². The Morgan fingerprint density at radius 3 is 2.48 bits per heavy atom. The van der Waals surface area contributed by atoms with Gasteiger partial charge in [-0.15, -0.1) is 0 Å². The predicted octanol–water partition coefficient (Wildman–Crippen LogP) is 4.90. The van der Waals surface area contributed by atoms with E-state index in [9.17, 15) is 19.7 Å². The Balaban J connectivity index is 1.82. The molecule has 7 nitrogen and oxygen atoms in total. The van der Waals surface area contributed by atoms with E-state index in [0.717, 1.165) is 16.6 Å². The number of para-hydroxylation sites is 1. The molecule has 0 amide bonds. The Morgan fingerprint density at radius 1 is 1.06 bits per heavy atom. The van der Waals surface area contributed by atoms with Crippen molar-refractivity contribution in [1.82, 2.24) is 0 Å². The van der Waals surface area contributed by atoms with Gasteiger partial charge in [0.25, 0.3) is 5.69 Å². The number of nitrogens with zero attached hydrogens (tertiary/aromatic N) is 1. The Hall–Kier alpha value is -3.74. The van der Waals surface area contributed by atoms with Crippen molar-refractivity contribution in [2.75, 3.05) is 5.32 Å². The van der Waals surface area contributed by atoms with Crippen molar-refractivity contribution in [2.24, 2.45) is 5.41 Å². The van der Waals surface area contributed by atoms with Gasteiger partial charge >= 0.3 is 5.63 Å². The molecule has 2 aliphatic rings. The highest BCUT2D eigenvalue weighted by molar-refractivity contribution is 6.03. The lowest BCUT2D eigenvalue weighted by Crippen LogP contribution is -2.35. The monoisotopic (exact) mass is 416 g/mol. The quantitative estimate of drug-likeness (QED) is 0.362. The molecule has 31 heavy (non-hydrogen) atoms. The van der Waals surface area contributed by atoms with Gasteiger partial charge in [-0.3, -0.25) is 14.9 Å². The molecule has 0 saturated heterocycles. The van der Waals surface area contributed by atoms with Crippen molar-refractivity contribution in [3.8, 4) is 0 Å². The minimum absolute atomic E-state index is 0.0186. The van der Waals surface area contributed by atoms with Crippen LogP contribution < -0.4 is 10.9 Å². The number of fused-ring (bicyclic) bond motifs is 3. The summed E-state index contributed by atoms with van der Waals surface area (Å²) in [4.78, 5) is 36.9. The zero-order valence-corrected chi connectivity index (χ0v) is 17.1. The fraction of sp³-hybridized carbons (Fsp3) is 0.250. The number of carbonyl (C=O) groups is 1. The van der Waals surface area contributed by atoms with E-state index >= 15 is 0 Å². The van der Waals surface area contributed by atoms with E-state index in [1.165, 1.54) is 12.1 Å². The van der Waals surface area contributed by atoms with E-state index in [0.29, 0.717) is 35.2 Å². The Kier molecular flexibility index (Phi) is 4.12. The van der Waals surface area contributed by atoms with Crippen LogP contribution in [0, 0.1) is 15.5 Å². The number of rotatable bonds is 2. The first-order valence-electron chi connectivity index (χ1n) is 10.1. The average molecular weight is 416 g/mol. The van der Waals surface area contributed by atoms with Gasteiger partial charge in [0.15, 0.2) is 5.78 Å². The summed E-state index contributed by atoms with van der Waals surface area (Å²) in [5.74, 6) is -0.491. The van der Waals surface area contributed by atoms with Crippen LogP contribution in [0.3, 0.4) is 0 Å². The molecule has 0 saturated carbocycles. The standard InChI is InChI=1S/C24H20N2O5/c1-24(2)11-16-21(17(27)12-24)19(13-7-9-14(10-8-13)26(29)30)20-15-5-3-4-6-18(15)31-23(28)22(20)25-16/h3-10,19,25H,11-12H2,1-2H3. The second kappa shape index (κ2) is 6.63. The van der Waals surface area contributed by atoms with E-state index in [4.69, 9.17) is 4.42 Å². The molecule has 1 unspecified atom stereocenters. The van der Waals surface area contributed by atoms with E-state index < -0.39 is 16.5 Å². The topological polar surface area (TPSA) is 102 Å². The molecule has 2 heterocycles. The van der Waals surface area contributed by atoms with Crippen LogP contribution in [0.2, 0.25) is 0 Å². The Labute approximate surface area is 177 Å². The van der Waals surface area contributed by atoms with Crippen molar-refractivity contribution >= 4 is 28.1 Å². The first-order valence-corrected chi connectivity index (χ1v) is 10.1. The number of Topliss-reactive ketones (excluding diaryl/α,β-unsaturated/α-hetero) is 1. The molecule has 7 heteroatoms. The summed E-state index contributed by atoms with van der Waals surface area (Å²) < 4.78 is 5.54. The summed E-state index contributed by atoms with van der Waals surface area (Å²) in [6.45, 7) is 4.05. The Bertz CT molecular complexity index is 1350. The fourth-order valence-electron chi connectivity index (χ4n) is 4.79. The smallest absolute Gasteiger partial charge is 0.360 e. The second-order valence-electron chi connectivity index (χ2n) is 8.91. The molecule has 3 aromatic rings. The van der Waals surface area contributed by atoms with Crippen molar-refractivity contribution in [2.45, 2.75) is 32.6 Å². The molecule has 2 aromatic carbocycles. The molecule has 1 N–H and O–H groups in total. The lowest BCUT2D eigenvalue weighted by Gasteiger charge is -2.39. The zero-order valence-electron chi connectivity index (χ0n) is 17.1. The number of ketones is 1. The lowest BCUT2D eigenvalue weighted by molar-refractivity contribution is -0.384. The summed E-state index contributed by atoms with van der Waals surface area (Å²) >= 11 is 0. The molecule has 1 aliphatic heterocycles. The SMILES string of the molecule is CC1(C)CC(=O)C2=C(C1)Nc1c(c3ccccc3oc1=O)C2c1ccc([N+](=O)[O-])cc1. The van der Waals surface area contributed by atoms with Crippen LogP contribution >= 0.6 is 0 Å². The summed E-state index contributed by atoms with van der Waals surface area (Å²) in [6.07, 6.45) is 1.01. The fourth-order valence-corrected chi connectivity index (χ4v) is 4.79. The Morgan fingerprint density at radius 2 is 1.77 bits per heavy atom. The van der Waals surface area contributed by atoms with Crippen LogP contribution in [0.15, 0.2) is 69.0 Å². The minimum atomic E-state index is -0.510. The molecule has 0 radical (unpaired) electrons. The third-order valence-corrected chi connectivity index (χ3v) is 6.06. The summed E-state index contributed by atoms with van der Waals surface area (Å²) in [5.41, 5.74) is 2.74. The summed E-state index contributed by atoms with van der Waals surface area (Å²) in [5, 5.41) is 15.1. The highest BCUT2D eigenvalue weighted by atomic mass is 16.6. The third-order valence-electron chi connectivity index (χ3n) is 6.06.